The van der Waals surface area contributed by atoms with E-state index in [1.54, 1.807) is 0 Å². The lowest BCUT2D eigenvalue weighted by molar-refractivity contribution is -0.123. The Morgan fingerprint density at radius 2 is 2.17 bits per heavy atom. The van der Waals surface area contributed by atoms with Crippen molar-refractivity contribution in [2.75, 3.05) is 13.1 Å². The second kappa shape index (κ2) is 6.14. The molecule has 0 radical (unpaired) electrons. The van der Waals surface area contributed by atoms with Gasteiger partial charge in [-0.25, -0.2) is 0 Å². The van der Waals surface area contributed by atoms with Crippen LogP contribution in [0.4, 0.5) is 0 Å². The summed E-state index contributed by atoms with van der Waals surface area (Å²) in [5.74, 6) is 0.630. The second-order valence-electron chi connectivity index (χ2n) is 4.96. The average molecular weight is 249 g/mol. The zero-order valence-electron chi connectivity index (χ0n) is 11.4. The maximum absolute atomic E-state index is 12.3. The van der Waals surface area contributed by atoms with E-state index < -0.39 is 0 Å². The molecule has 0 atom stereocenters. The zero-order chi connectivity index (χ0) is 13.0. The summed E-state index contributed by atoms with van der Waals surface area (Å²) in [4.78, 5) is 12.3. The summed E-state index contributed by atoms with van der Waals surface area (Å²) in [7, 11) is 0. The second-order valence-corrected chi connectivity index (χ2v) is 4.96. The van der Waals surface area contributed by atoms with E-state index in [9.17, 15) is 4.79 Å². The maximum atomic E-state index is 12.3. The predicted octanol–water partition coefficient (Wildman–Crippen LogP) is 1.58. The third-order valence-corrected chi connectivity index (χ3v) is 3.73. The van der Waals surface area contributed by atoms with Crippen LogP contribution in [0.5, 0.6) is 0 Å². The number of nitrogens with one attached hydrogen (secondary N) is 1. The number of aromatic nitrogens is 2. The van der Waals surface area contributed by atoms with Gasteiger partial charge in [-0.05, 0) is 45.3 Å². The van der Waals surface area contributed by atoms with Gasteiger partial charge in [0, 0.05) is 24.6 Å². The molecule has 2 heterocycles. The molecule has 4 nitrogen and oxygen atoms in total. The van der Waals surface area contributed by atoms with Crippen LogP contribution < -0.4 is 5.32 Å². The average Bonchev–Trinajstić information content (AvgIpc) is 2.82. The highest BCUT2D eigenvalue weighted by Gasteiger charge is 2.22. The van der Waals surface area contributed by atoms with Crippen LogP contribution >= 0.6 is 0 Å². The Hall–Kier alpha value is -1.16. The van der Waals surface area contributed by atoms with Gasteiger partial charge in [0.05, 0.1) is 5.69 Å². The molecular formula is C14H23N3O. The van der Waals surface area contributed by atoms with Crippen LogP contribution in [0.25, 0.3) is 0 Å². The fraction of sp³-hybridized carbons (Fsp3) is 0.714. The molecule has 1 aliphatic heterocycles. The lowest BCUT2D eigenvalue weighted by atomic mass is 9.91. The quantitative estimate of drug-likeness (QED) is 0.862. The van der Waals surface area contributed by atoms with Crippen molar-refractivity contribution >= 4 is 5.78 Å². The van der Waals surface area contributed by atoms with Gasteiger partial charge in [0.2, 0.25) is 0 Å². The Labute approximate surface area is 109 Å². The molecule has 0 spiro atoms. The molecule has 1 N–H and O–H groups in total. The number of aryl methyl sites for hydroxylation is 2. The Bertz CT molecular complexity index is 405. The lowest BCUT2D eigenvalue weighted by Gasteiger charge is -2.21. The number of rotatable bonds is 5. The summed E-state index contributed by atoms with van der Waals surface area (Å²) < 4.78 is 1.97. The topological polar surface area (TPSA) is 46.9 Å². The van der Waals surface area contributed by atoms with Gasteiger partial charge in [0.25, 0.3) is 0 Å². The van der Waals surface area contributed by atoms with E-state index in [-0.39, 0.29) is 5.92 Å². The third-order valence-electron chi connectivity index (χ3n) is 3.73. The minimum absolute atomic E-state index is 0.247. The van der Waals surface area contributed by atoms with Crippen LogP contribution in [0.2, 0.25) is 0 Å². The van der Waals surface area contributed by atoms with Crippen molar-refractivity contribution in [3.05, 3.63) is 17.5 Å². The molecule has 1 fully saturated rings. The van der Waals surface area contributed by atoms with Crippen molar-refractivity contribution in [2.45, 2.75) is 46.1 Å². The van der Waals surface area contributed by atoms with Crippen LogP contribution in [0.3, 0.4) is 0 Å². The van der Waals surface area contributed by atoms with Gasteiger partial charge < -0.3 is 5.32 Å². The van der Waals surface area contributed by atoms with Crippen molar-refractivity contribution in [3.63, 3.8) is 0 Å². The first kappa shape index (κ1) is 13.3. The number of carbonyl (C=O) groups excluding carboxylic acids is 1. The van der Waals surface area contributed by atoms with Gasteiger partial charge >= 0.3 is 0 Å². The van der Waals surface area contributed by atoms with E-state index in [1.807, 2.05) is 4.68 Å². The van der Waals surface area contributed by atoms with E-state index in [2.05, 4.69) is 30.3 Å². The minimum Gasteiger partial charge on any atom is -0.317 e. The van der Waals surface area contributed by atoms with Gasteiger partial charge in [0.1, 0.15) is 5.78 Å². The molecular weight excluding hydrogens is 226 g/mol. The number of hydrogen-bond acceptors (Lipinski definition) is 3. The van der Waals surface area contributed by atoms with E-state index >= 15 is 0 Å². The van der Waals surface area contributed by atoms with E-state index in [1.165, 1.54) is 0 Å². The molecule has 2 rings (SSSR count). The number of piperidine rings is 1. The Kier molecular flexibility index (Phi) is 4.53. The summed E-state index contributed by atoms with van der Waals surface area (Å²) in [5.41, 5.74) is 2.17. The third kappa shape index (κ3) is 2.99. The van der Waals surface area contributed by atoms with Crippen LogP contribution in [-0.2, 0) is 24.2 Å². The summed E-state index contributed by atoms with van der Waals surface area (Å²) in [6.45, 7) is 6.97. The largest absolute Gasteiger partial charge is 0.317 e. The number of carbonyl (C=O) groups is 1. The monoisotopic (exact) mass is 249 g/mol. The molecule has 0 aromatic carbocycles. The van der Waals surface area contributed by atoms with Crippen LogP contribution in [0.1, 0.15) is 38.1 Å². The maximum Gasteiger partial charge on any atom is 0.141 e. The molecule has 1 aromatic rings. The first-order valence-electron chi connectivity index (χ1n) is 7.03. The van der Waals surface area contributed by atoms with Crippen molar-refractivity contribution < 1.29 is 4.79 Å². The fourth-order valence-corrected chi connectivity index (χ4v) is 2.57. The van der Waals surface area contributed by atoms with Crippen molar-refractivity contribution in [3.8, 4) is 0 Å². The number of hydrogen-bond donors (Lipinski definition) is 1. The molecule has 1 saturated heterocycles. The first-order valence-corrected chi connectivity index (χ1v) is 7.03. The molecule has 0 bridgehead atoms. The Balaban J connectivity index is 2.03. The molecule has 1 aliphatic rings. The van der Waals surface area contributed by atoms with Crippen LogP contribution in [-0.4, -0.2) is 28.7 Å². The molecule has 18 heavy (non-hydrogen) atoms. The molecule has 4 heteroatoms. The smallest absolute Gasteiger partial charge is 0.141 e. The highest BCUT2D eigenvalue weighted by Crippen LogP contribution is 2.16. The molecule has 0 saturated carbocycles. The molecule has 0 aliphatic carbocycles. The standard InChI is InChI=1S/C14H23N3O/c1-3-12-9-13(17(4-2)16-12)10-14(18)11-5-7-15-8-6-11/h9,11,15H,3-8,10H2,1-2H3. The predicted molar refractivity (Wildman–Crippen MR) is 71.6 cm³/mol. The highest BCUT2D eigenvalue weighted by molar-refractivity contribution is 5.83. The van der Waals surface area contributed by atoms with E-state index in [0.29, 0.717) is 12.2 Å². The minimum atomic E-state index is 0.247. The fourth-order valence-electron chi connectivity index (χ4n) is 2.57. The van der Waals surface area contributed by atoms with Gasteiger partial charge in [-0.2, -0.15) is 5.10 Å². The van der Waals surface area contributed by atoms with Crippen LogP contribution in [0, 0.1) is 5.92 Å². The van der Waals surface area contributed by atoms with E-state index in [4.69, 9.17) is 0 Å². The summed E-state index contributed by atoms with van der Waals surface area (Å²) in [5, 5.41) is 7.80. The molecule has 100 valence electrons. The normalized spacial score (nSPS) is 17.0. The lowest BCUT2D eigenvalue weighted by Crippen LogP contribution is -2.32. The number of Topliss-reactive ketones (excluding diaryl/α,β-unsaturated/α-hetero) is 1. The summed E-state index contributed by atoms with van der Waals surface area (Å²) >= 11 is 0. The number of ketones is 1. The van der Waals surface area contributed by atoms with Crippen molar-refractivity contribution in [2.24, 2.45) is 5.92 Å². The van der Waals surface area contributed by atoms with Gasteiger partial charge in [0.15, 0.2) is 0 Å². The van der Waals surface area contributed by atoms with Gasteiger partial charge in [-0.1, -0.05) is 6.92 Å². The van der Waals surface area contributed by atoms with Crippen molar-refractivity contribution in [1.82, 2.24) is 15.1 Å². The Morgan fingerprint density at radius 3 is 2.78 bits per heavy atom. The molecule has 0 amide bonds. The number of nitrogens with zero attached hydrogens (tertiary/aromatic N) is 2. The van der Waals surface area contributed by atoms with Gasteiger partial charge in [-0.3, -0.25) is 9.48 Å². The van der Waals surface area contributed by atoms with E-state index in [0.717, 1.165) is 50.3 Å². The van der Waals surface area contributed by atoms with Gasteiger partial charge in [-0.15, -0.1) is 0 Å². The first-order chi connectivity index (χ1) is 8.74. The molecule has 1 aromatic heterocycles. The zero-order valence-corrected chi connectivity index (χ0v) is 11.4. The Morgan fingerprint density at radius 1 is 1.44 bits per heavy atom. The summed E-state index contributed by atoms with van der Waals surface area (Å²) in [6.07, 6.45) is 3.45. The highest BCUT2D eigenvalue weighted by atomic mass is 16.1. The SMILES string of the molecule is CCc1cc(CC(=O)C2CCNCC2)n(CC)n1. The molecule has 0 unspecified atom stereocenters. The summed E-state index contributed by atoms with van der Waals surface area (Å²) in [6, 6.07) is 2.09. The van der Waals surface area contributed by atoms with Crippen molar-refractivity contribution in [1.29, 1.82) is 0 Å². The van der Waals surface area contributed by atoms with Crippen LogP contribution in [0.15, 0.2) is 6.07 Å².